The van der Waals surface area contributed by atoms with Crippen LogP contribution in [0.2, 0.25) is 0 Å². The van der Waals surface area contributed by atoms with Crippen LogP contribution < -0.4 is 10.1 Å². The first-order chi connectivity index (χ1) is 7.63. The molecule has 0 bridgehead atoms. The van der Waals surface area contributed by atoms with Gasteiger partial charge in [0.1, 0.15) is 5.75 Å². The summed E-state index contributed by atoms with van der Waals surface area (Å²) in [7, 11) is 0. The highest BCUT2D eigenvalue weighted by Gasteiger charge is 2.05. The van der Waals surface area contributed by atoms with Crippen molar-refractivity contribution in [2.75, 3.05) is 6.61 Å². The highest BCUT2D eigenvalue weighted by molar-refractivity contribution is 9.10. The van der Waals surface area contributed by atoms with Crippen molar-refractivity contribution in [1.29, 1.82) is 0 Å². The summed E-state index contributed by atoms with van der Waals surface area (Å²) >= 11 is 3.49. The van der Waals surface area contributed by atoms with E-state index in [2.05, 4.69) is 48.1 Å². The molecule has 0 amide bonds. The Hall–Kier alpha value is -0.540. The summed E-state index contributed by atoms with van der Waals surface area (Å²) in [4.78, 5) is 0. The van der Waals surface area contributed by atoms with Gasteiger partial charge in [0.05, 0.1) is 6.61 Å². The number of nitrogens with one attached hydrogen (secondary N) is 1. The summed E-state index contributed by atoms with van der Waals surface area (Å²) in [6.45, 7) is 8.02. The van der Waals surface area contributed by atoms with E-state index < -0.39 is 0 Å². The molecular weight excluding hydrogens is 266 g/mol. The Bertz CT molecular complexity index is 326. The van der Waals surface area contributed by atoms with E-state index in [4.69, 9.17) is 4.74 Å². The Balaban J connectivity index is 2.72. The molecular formula is C13H20BrNO. The SMILES string of the molecule is CCCOc1ccc(Br)cc1CNC(C)C. The minimum atomic E-state index is 0.484. The molecule has 0 unspecified atom stereocenters. The van der Waals surface area contributed by atoms with Gasteiger partial charge < -0.3 is 10.1 Å². The van der Waals surface area contributed by atoms with Gasteiger partial charge in [-0.1, -0.05) is 36.7 Å². The number of hydrogen-bond donors (Lipinski definition) is 1. The number of rotatable bonds is 6. The maximum Gasteiger partial charge on any atom is 0.123 e. The molecule has 0 saturated heterocycles. The van der Waals surface area contributed by atoms with E-state index in [-0.39, 0.29) is 0 Å². The minimum absolute atomic E-state index is 0.484. The lowest BCUT2D eigenvalue weighted by atomic mass is 10.2. The van der Waals surface area contributed by atoms with Gasteiger partial charge in [-0.3, -0.25) is 0 Å². The van der Waals surface area contributed by atoms with Crippen LogP contribution in [-0.4, -0.2) is 12.6 Å². The fourth-order valence-corrected chi connectivity index (χ4v) is 1.76. The van der Waals surface area contributed by atoms with Crippen molar-refractivity contribution in [1.82, 2.24) is 5.32 Å². The number of hydrogen-bond acceptors (Lipinski definition) is 2. The van der Waals surface area contributed by atoms with E-state index >= 15 is 0 Å². The second-order valence-corrected chi connectivity index (χ2v) is 5.05. The van der Waals surface area contributed by atoms with Crippen LogP contribution in [0.4, 0.5) is 0 Å². The van der Waals surface area contributed by atoms with Gasteiger partial charge in [0.2, 0.25) is 0 Å². The summed E-state index contributed by atoms with van der Waals surface area (Å²) in [6, 6.07) is 6.64. The maximum absolute atomic E-state index is 5.71. The second kappa shape index (κ2) is 6.92. The fraction of sp³-hybridized carbons (Fsp3) is 0.538. The van der Waals surface area contributed by atoms with Gasteiger partial charge in [-0.25, -0.2) is 0 Å². The summed E-state index contributed by atoms with van der Waals surface area (Å²) < 4.78 is 6.81. The van der Waals surface area contributed by atoms with Crippen molar-refractivity contribution in [3.63, 3.8) is 0 Å². The summed E-state index contributed by atoms with van der Waals surface area (Å²) in [5, 5.41) is 3.40. The van der Waals surface area contributed by atoms with Crippen LogP contribution in [-0.2, 0) is 6.54 Å². The number of halogens is 1. The average molecular weight is 286 g/mol. The Morgan fingerprint density at radius 2 is 2.12 bits per heavy atom. The fourth-order valence-electron chi connectivity index (χ4n) is 1.35. The third-order valence-electron chi connectivity index (χ3n) is 2.18. The van der Waals surface area contributed by atoms with Gasteiger partial charge in [0.25, 0.3) is 0 Å². The first kappa shape index (κ1) is 13.5. The van der Waals surface area contributed by atoms with Gasteiger partial charge in [-0.2, -0.15) is 0 Å². The van der Waals surface area contributed by atoms with Crippen molar-refractivity contribution in [3.8, 4) is 5.75 Å². The lowest BCUT2D eigenvalue weighted by molar-refractivity contribution is 0.313. The molecule has 0 atom stereocenters. The number of benzene rings is 1. The quantitative estimate of drug-likeness (QED) is 0.860. The smallest absolute Gasteiger partial charge is 0.123 e. The zero-order valence-corrected chi connectivity index (χ0v) is 11.8. The molecule has 0 saturated carbocycles. The van der Waals surface area contributed by atoms with E-state index in [0.717, 1.165) is 29.8 Å². The van der Waals surface area contributed by atoms with Crippen molar-refractivity contribution in [3.05, 3.63) is 28.2 Å². The average Bonchev–Trinajstić information content (AvgIpc) is 2.25. The Morgan fingerprint density at radius 1 is 1.38 bits per heavy atom. The lowest BCUT2D eigenvalue weighted by Crippen LogP contribution is -2.22. The molecule has 1 aromatic carbocycles. The molecule has 3 heteroatoms. The zero-order valence-electron chi connectivity index (χ0n) is 10.2. The van der Waals surface area contributed by atoms with Crippen LogP contribution in [0.15, 0.2) is 22.7 Å². The Labute approximate surface area is 107 Å². The van der Waals surface area contributed by atoms with Gasteiger partial charge >= 0.3 is 0 Å². The Morgan fingerprint density at radius 3 is 2.75 bits per heavy atom. The molecule has 0 aromatic heterocycles. The van der Waals surface area contributed by atoms with Crippen molar-refractivity contribution in [2.45, 2.75) is 39.8 Å². The van der Waals surface area contributed by atoms with E-state index in [1.807, 2.05) is 12.1 Å². The van der Waals surface area contributed by atoms with Crippen molar-refractivity contribution < 1.29 is 4.74 Å². The highest BCUT2D eigenvalue weighted by atomic mass is 79.9. The van der Waals surface area contributed by atoms with E-state index in [1.165, 1.54) is 5.56 Å². The summed E-state index contributed by atoms with van der Waals surface area (Å²) in [5.74, 6) is 0.984. The normalized spacial score (nSPS) is 10.8. The molecule has 1 rings (SSSR count). The van der Waals surface area contributed by atoms with Crippen LogP contribution in [0.25, 0.3) is 0 Å². The molecule has 0 aliphatic carbocycles. The van der Waals surface area contributed by atoms with Crippen LogP contribution in [0.1, 0.15) is 32.8 Å². The molecule has 1 aromatic rings. The molecule has 16 heavy (non-hydrogen) atoms. The van der Waals surface area contributed by atoms with Gasteiger partial charge in [-0.15, -0.1) is 0 Å². The molecule has 1 N–H and O–H groups in total. The predicted octanol–water partition coefficient (Wildman–Crippen LogP) is 3.74. The standard InChI is InChI=1S/C13H20BrNO/c1-4-7-16-13-6-5-12(14)8-11(13)9-15-10(2)3/h5-6,8,10,15H,4,7,9H2,1-3H3. The van der Waals surface area contributed by atoms with E-state index in [0.29, 0.717) is 6.04 Å². The van der Waals surface area contributed by atoms with Crippen molar-refractivity contribution >= 4 is 15.9 Å². The van der Waals surface area contributed by atoms with E-state index in [1.54, 1.807) is 0 Å². The van der Waals surface area contributed by atoms with Gasteiger partial charge in [0, 0.05) is 22.6 Å². The third-order valence-corrected chi connectivity index (χ3v) is 2.68. The molecule has 0 aliphatic rings. The van der Waals surface area contributed by atoms with Crippen LogP contribution in [0.3, 0.4) is 0 Å². The summed E-state index contributed by atoms with van der Waals surface area (Å²) in [5.41, 5.74) is 1.21. The molecule has 2 nitrogen and oxygen atoms in total. The van der Waals surface area contributed by atoms with Crippen LogP contribution >= 0.6 is 15.9 Å². The predicted molar refractivity (Wildman–Crippen MR) is 71.9 cm³/mol. The molecule has 90 valence electrons. The highest BCUT2D eigenvalue weighted by Crippen LogP contribution is 2.23. The van der Waals surface area contributed by atoms with E-state index in [9.17, 15) is 0 Å². The van der Waals surface area contributed by atoms with Crippen molar-refractivity contribution in [2.24, 2.45) is 0 Å². The topological polar surface area (TPSA) is 21.3 Å². The van der Waals surface area contributed by atoms with Crippen LogP contribution in [0, 0.1) is 0 Å². The molecule has 0 heterocycles. The first-order valence-corrected chi connectivity index (χ1v) is 6.57. The molecule has 0 aliphatic heterocycles. The molecule has 0 radical (unpaired) electrons. The largest absolute Gasteiger partial charge is 0.493 e. The zero-order chi connectivity index (χ0) is 12.0. The number of ether oxygens (including phenoxy) is 1. The molecule has 0 fully saturated rings. The minimum Gasteiger partial charge on any atom is -0.493 e. The van der Waals surface area contributed by atoms with Gasteiger partial charge in [0.15, 0.2) is 0 Å². The summed E-state index contributed by atoms with van der Waals surface area (Å²) in [6.07, 6.45) is 1.03. The first-order valence-electron chi connectivity index (χ1n) is 5.78. The van der Waals surface area contributed by atoms with Crippen LogP contribution in [0.5, 0.6) is 5.75 Å². The Kier molecular flexibility index (Phi) is 5.85. The maximum atomic E-state index is 5.71. The second-order valence-electron chi connectivity index (χ2n) is 4.14. The monoisotopic (exact) mass is 285 g/mol. The van der Waals surface area contributed by atoms with Gasteiger partial charge in [-0.05, 0) is 24.6 Å². The lowest BCUT2D eigenvalue weighted by Gasteiger charge is -2.13. The third kappa shape index (κ3) is 4.54. The molecule has 0 spiro atoms.